The van der Waals surface area contributed by atoms with E-state index in [4.69, 9.17) is 11.6 Å². The molecule has 2 aliphatic rings. The first-order chi connectivity index (χ1) is 11.9. The lowest BCUT2D eigenvalue weighted by Gasteiger charge is -2.47. The molecule has 5 heteroatoms. The average molecular weight is 358 g/mol. The molecule has 0 unspecified atom stereocenters. The molecule has 4 nitrogen and oxygen atoms in total. The van der Waals surface area contributed by atoms with Crippen LogP contribution in [0.2, 0.25) is 5.02 Å². The van der Waals surface area contributed by atoms with Gasteiger partial charge in [-0.05, 0) is 50.5 Å². The van der Waals surface area contributed by atoms with Crippen molar-refractivity contribution in [2.75, 3.05) is 19.6 Å². The highest BCUT2D eigenvalue weighted by molar-refractivity contribution is 6.31. The molecule has 1 saturated heterocycles. The van der Waals surface area contributed by atoms with Gasteiger partial charge in [0.2, 0.25) is 5.91 Å². The fourth-order valence-corrected chi connectivity index (χ4v) is 4.06. The van der Waals surface area contributed by atoms with Gasteiger partial charge in [-0.2, -0.15) is 0 Å². The average Bonchev–Trinajstić information content (AvgIpc) is 3.40. The molecule has 1 aromatic heterocycles. The van der Waals surface area contributed by atoms with Crippen molar-refractivity contribution >= 4 is 28.4 Å². The first kappa shape index (κ1) is 16.8. The Kier molecular flexibility index (Phi) is 4.20. The number of piperazine rings is 1. The third-order valence-electron chi connectivity index (χ3n) is 5.42. The van der Waals surface area contributed by atoms with Gasteiger partial charge in [0.25, 0.3) is 0 Å². The van der Waals surface area contributed by atoms with Crippen molar-refractivity contribution in [1.82, 2.24) is 14.8 Å². The van der Waals surface area contributed by atoms with E-state index >= 15 is 0 Å². The lowest BCUT2D eigenvalue weighted by Crippen LogP contribution is -2.60. The van der Waals surface area contributed by atoms with Gasteiger partial charge in [-0.3, -0.25) is 14.7 Å². The van der Waals surface area contributed by atoms with Crippen LogP contribution in [0, 0.1) is 5.92 Å². The summed E-state index contributed by atoms with van der Waals surface area (Å²) in [6.45, 7) is 7.72. The molecule has 0 radical (unpaired) electrons. The number of nitrogens with zero attached hydrogens (tertiary/aromatic N) is 3. The molecule has 4 rings (SSSR count). The Bertz CT molecular complexity index is 816. The van der Waals surface area contributed by atoms with Crippen molar-refractivity contribution in [3.8, 4) is 0 Å². The van der Waals surface area contributed by atoms with Gasteiger partial charge < -0.3 is 4.90 Å². The molecule has 1 aliphatic heterocycles. The molecule has 2 heterocycles. The van der Waals surface area contributed by atoms with Crippen molar-refractivity contribution in [3.05, 3.63) is 41.0 Å². The zero-order valence-corrected chi connectivity index (χ0v) is 15.6. The second-order valence-electron chi connectivity index (χ2n) is 7.91. The van der Waals surface area contributed by atoms with E-state index in [9.17, 15) is 4.79 Å². The van der Waals surface area contributed by atoms with Crippen LogP contribution in [0.4, 0.5) is 0 Å². The maximum Gasteiger partial charge on any atom is 0.225 e. The number of carbonyl (C=O) groups excluding carboxylic acids is 1. The van der Waals surface area contributed by atoms with Gasteiger partial charge in [-0.15, -0.1) is 0 Å². The van der Waals surface area contributed by atoms with E-state index in [0.717, 1.165) is 60.5 Å². The van der Waals surface area contributed by atoms with E-state index in [1.165, 1.54) is 0 Å². The van der Waals surface area contributed by atoms with Crippen molar-refractivity contribution in [3.63, 3.8) is 0 Å². The zero-order valence-electron chi connectivity index (χ0n) is 14.8. The van der Waals surface area contributed by atoms with Crippen molar-refractivity contribution in [1.29, 1.82) is 0 Å². The fourth-order valence-electron chi connectivity index (χ4n) is 3.81. The molecule has 0 N–H and O–H groups in total. The van der Waals surface area contributed by atoms with Gasteiger partial charge in [0.05, 0.1) is 5.52 Å². The fraction of sp³-hybridized carbons (Fsp3) is 0.500. The van der Waals surface area contributed by atoms with Crippen LogP contribution in [0.5, 0.6) is 0 Å². The molecule has 0 spiro atoms. The standard InChI is InChI=1S/C20H24ClN3O/c1-20(2)13-23(19(25)14-5-6-14)8-9-24(20)12-16-11-17(21)10-15-4-3-7-22-18(15)16/h3-4,7,10-11,14H,5-6,8-9,12-13H2,1-2H3. The normalized spacial score (nSPS) is 20.8. The smallest absolute Gasteiger partial charge is 0.225 e. The minimum absolute atomic E-state index is 0.0633. The lowest BCUT2D eigenvalue weighted by atomic mass is 9.96. The minimum Gasteiger partial charge on any atom is -0.339 e. The molecular formula is C20H24ClN3O. The second kappa shape index (κ2) is 6.26. The van der Waals surface area contributed by atoms with Crippen molar-refractivity contribution < 1.29 is 4.79 Å². The van der Waals surface area contributed by atoms with E-state index in [0.29, 0.717) is 11.8 Å². The monoisotopic (exact) mass is 357 g/mol. The molecule has 25 heavy (non-hydrogen) atoms. The Balaban J connectivity index is 1.56. The topological polar surface area (TPSA) is 36.4 Å². The Hall–Kier alpha value is -1.65. The number of fused-ring (bicyclic) bond motifs is 1. The summed E-state index contributed by atoms with van der Waals surface area (Å²) in [5.74, 6) is 0.644. The zero-order chi connectivity index (χ0) is 17.6. The van der Waals surface area contributed by atoms with E-state index in [2.05, 4.69) is 34.7 Å². The number of amides is 1. The maximum absolute atomic E-state index is 12.4. The summed E-state index contributed by atoms with van der Waals surface area (Å²) < 4.78 is 0. The summed E-state index contributed by atoms with van der Waals surface area (Å²) in [4.78, 5) is 21.5. The van der Waals surface area contributed by atoms with Crippen LogP contribution in [-0.4, -0.2) is 45.9 Å². The number of halogens is 1. The van der Waals surface area contributed by atoms with Crippen LogP contribution in [0.1, 0.15) is 32.3 Å². The van der Waals surface area contributed by atoms with Gasteiger partial charge in [-0.1, -0.05) is 17.7 Å². The third kappa shape index (κ3) is 3.38. The lowest BCUT2D eigenvalue weighted by molar-refractivity contribution is -0.137. The first-order valence-corrected chi connectivity index (χ1v) is 9.39. The second-order valence-corrected chi connectivity index (χ2v) is 8.34. The number of benzene rings is 1. The van der Waals surface area contributed by atoms with Gasteiger partial charge in [0.1, 0.15) is 0 Å². The Morgan fingerprint density at radius 1 is 1.32 bits per heavy atom. The first-order valence-electron chi connectivity index (χ1n) is 9.01. The van der Waals surface area contributed by atoms with E-state index < -0.39 is 0 Å². The third-order valence-corrected chi connectivity index (χ3v) is 5.64. The summed E-state index contributed by atoms with van der Waals surface area (Å²) in [5, 5.41) is 1.82. The van der Waals surface area contributed by atoms with Crippen LogP contribution in [-0.2, 0) is 11.3 Å². The molecule has 1 aromatic carbocycles. The highest BCUT2D eigenvalue weighted by Gasteiger charge is 2.40. The quantitative estimate of drug-likeness (QED) is 0.840. The van der Waals surface area contributed by atoms with E-state index in [-0.39, 0.29) is 5.54 Å². The molecule has 0 atom stereocenters. The summed E-state index contributed by atoms with van der Waals surface area (Å²) in [5.41, 5.74) is 2.10. The van der Waals surface area contributed by atoms with Gasteiger partial charge in [-0.25, -0.2) is 0 Å². The van der Waals surface area contributed by atoms with E-state index in [1.54, 1.807) is 0 Å². The van der Waals surface area contributed by atoms with Gasteiger partial charge in [0, 0.05) is 54.2 Å². The number of aromatic nitrogens is 1. The molecule has 1 amide bonds. The maximum atomic E-state index is 12.4. The summed E-state index contributed by atoms with van der Waals surface area (Å²) in [6, 6.07) is 7.98. The largest absolute Gasteiger partial charge is 0.339 e. The summed E-state index contributed by atoms with van der Waals surface area (Å²) in [7, 11) is 0. The predicted molar refractivity (Wildman–Crippen MR) is 101 cm³/mol. The molecule has 1 aliphatic carbocycles. The van der Waals surface area contributed by atoms with Crippen LogP contribution < -0.4 is 0 Å². The molecule has 2 aromatic rings. The van der Waals surface area contributed by atoms with Crippen LogP contribution >= 0.6 is 11.6 Å². The molecule has 1 saturated carbocycles. The van der Waals surface area contributed by atoms with Crippen molar-refractivity contribution in [2.24, 2.45) is 5.92 Å². The van der Waals surface area contributed by atoms with Crippen LogP contribution in [0.25, 0.3) is 10.9 Å². The molecular weight excluding hydrogens is 334 g/mol. The molecule has 0 bridgehead atoms. The number of carbonyl (C=O) groups is 1. The van der Waals surface area contributed by atoms with Crippen LogP contribution in [0.15, 0.2) is 30.5 Å². The Labute approximate surface area is 153 Å². The molecule has 132 valence electrons. The SMILES string of the molecule is CC1(C)CN(C(=O)C2CC2)CCN1Cc1cc(Cl)cc2cccnc12. The van der Waals surface area contributed by atoms with Crippen molar-refractivity contribution in [2.45, 2.75) is 38.8 Å². The summed E-state index contributed by atoms with van der Waals surface area (Å²) >= 11 is 6.32. The number of hydrogen-bond acceptors (Lipinski definition) is 3. The highest BCUT2D eigenvalue weighted by Crippen LogP contribution is 2.34. The Morgan fingerprint density at radius 3 is 2.84 bits per heavy atom. The number of pyridine rings is 1. The van der Waals surface area contributed by atoms with Gasteiger partial charge in [0.15, 0.2) is 0 Å². The molecule has 2 fully saturated rings. The predicted octanol–water partition coefficient (Wildman–Crippen LogP) is 3.72. The highest BCUT2D eigenvalue weighted by atomic mass is 35.5. The minimum atomic E-state index is -0.0633. The van der Waals surface area contributed by atoms with Gasteiger partial charge >= 0.3 is 0 Å². The van der Waals surface area contributed by atoms with Crippen LogP contribution in [0.3, 0.4) is 0 Å². The summed E-state index contributed by atoms with van der Waals surface area (Å²) in [6.07, 6.45) is 3.97. The van der Waals surface area contributed by atoms with E-state index in [1.807, 2.05) is 24.4 Å². The Morgan fingerprint density at radius 2 is 2.12 bits per heavy atom. The number of hydrogen-bond donors (Lipinski definition) is 0. The number of rotatable bonds is 3.